The van der Waals surface area contributed by atoms with Gasteiger partial charge < -0.3 is 15.8 Å². The Morgan fingerprint density at radius 3 is 2.60 bits per heavy atom. The number of ether oxygens (including phenoxy) is 1. The molecule has 11 nitrogen and oxygen atoms in total. The fraction of sp³-hybridized carbons (Fsp3) is 0.286. The van der Waals surface area contributed by atoms with Crippen LogP contribution < -0.4 is 16.4 Å². The van der Waals surface area contributed by atoms with Crippen molar-refractivity contribution in [3.05, 3.63) is 29.8 Å². The second-order valence-electron chi connectivity index (χ2n) is 4.88. The number of hydrogen-bond donors (Lipinski definition) is 3. The van der Waals surface area contributed by atoms with Gasteiger partial charge >= 0.3 is 6.03 Å². The van der Waals surface area contributed by atoms with Crippen LogP contribution in [-0.4, -0.2) is 58.3 Å². The highest BCUT2D eigenvalue weighted by Crippen LogP contribution is 2.14. The molecule has 0 radical (unpaired) electrons. The molecule has 0 aliphatic carbocycles. The van der Waals surface area contributed by atoms with Gasteiger partial charge in [0.15, 0.2) is 0 Å². The predicted octanol–water partition coefficient (Wildman–Crippen LogP) is -1.09. The molecule has 0 aliphatic heterocycles. The average Bonchev–Trinajstić information content (AvgIpc) is 3.03. The van der Waals surface area contributed by atoms with Crippen LogP contribution in [0.2, 0.25) is 0 Å². The lowest BCUT2D eigenvalue weighted by Crippen LogP contribution is -2.42. The van der Waals surface area contributed by atoms with Crippen molar-refractivity contribution >= 4 is 17.8 Å². The number of nitrogens with zero attached hydrogens (tertiary/aromatic N) is 4. The molecule has 132 valence electrons. The van der Waals surface area contributed by atoms with Crippen molar-refractivity contribution in [1.29, 1.82) is 0 Å². The second-order valence-corrected chi connectivity index (χ2v) is 4.88. The summed E-state index contributed by atoms with van der Waals surface area (Å²) in [4.78, 5) is 35.3. The first-order valence-corrected chi connectivity index (χ1v) is 7.24. The summed E-state index contributed by atoms with van der Waals surface area (Å²) in [5, 5.41) is 16.2. The lowest BCUT2D eigenvalue weighted by Gasteiger charge is -2.05. The van der Waals surface area contributed by atoms with Crippen LogP contribution in [0.4, 0.5) is 4.79 Å². The molecule has 2 aromatic rings. The van der Waals surface area contributed by atoms with Gasteiger partial charge in [0.05, 0.1) is 6.61 Å². The molecule has 0 saturated heterocycles. The van der Waals surface area contributed by atoms with E-state index in [1.807, 2.05) is 0 Å². The molecule has 11 heteroatoms. The van der Waals surface area contributed by atoms with Crippen LogP contribution in [0.1, 0.15) is 10.4 Å². The van der Waals surface area contributed by atoms with E-state index in [9.17, 15) is 14.4 Å². The first kappa shape index (κ1) is 18.0. The molecule has 1 heterocycles. The highest BCUT2D eigenvalue weighted by atomic mass is 16.5. The van der Waals surface area contributed by atoms with Gasteiger partial charge in [0.2, 0.25) is 11.7 Å². The number of benzene rings is 1. The number of methoxy groups -OCH3 is 1. The Bertz CT molecular complexity index is 757. The zero-order valence-electron chi connectivity index (χ0n) is 13.4. The topological polar surface area (TPSA) is 154 Å². The Balaban J connectivity index is 1.91. The Hall–Kier alpha value is -3.34. The van der Waals surface area contributed by atoms with Crippen molar-refractivity contribution in [3.8, 4) is 11.4 Å². The minimum atomic E-state index is -0.635. The van der Waals surface area contributed by atoms with E-state index in [1.54, 1.807) is 12.1 Å². The zero-order valence-corrected chi connectivity index (χ0v) is 13.4. The molecular formula is C14H17N7O4. The smallest absolute Gasteiger partial charge is 0.321 e. The van der Waals surface area contributed by atoms with E-state index < -0.39 is 17.8 Å². The molecule has 0 saturated carbocycles. The maximum Gasteiger partial charge on any atom is 0.321 e. The second kappa shape index (κ2) is 8.49. The first-order chi connectivity index (χ1) is 12.0. The minimum Gasteiger partial charge on any atom is -0.383 e. The number of aromatic nitrogens is 4. The molecule has 0 fully saturated rings. The maximum atomic E-state index is 11.7. The normalized spacial score (nSPS) is 10.3. The quantitative estimate of drug-likeness (QED) is 0.538. The van der Waals surface area contributed by atoms with Crippen LogP contribution in [0.15, 0.2) is 24.3 Å². The van der Waals surface area contributed by atoms with E-state index in [0.717, 1.165) is 4.80 Å². The summed E-state index contributed by atoms with van der Waals surface area (Å²) in [5.74, 6) is -0.861. The molecule has 0 spiro atoms. The van der Waals surface area contributed by atoms with Gasteiger partial charge in [-0.2, -0.15) is 4.80 Å². The molecular weight excluding hydrogens is 330 g/mol. The van der Waals surface area contributed by atoms with Crippen LogP contribution in [0.5, 0.6) is 0 Å². The van der Waals surface area contributed by atoms with Crippen molar-refractivity contribution in [1.82, 2.24) is 30.8 Å². The SMILES string of the molecule is COCCNC(=O)NC(=O)Cn1nnc(-c2ccc(C(N)=O)cc2)n1. The standard InChI is InChI=1S/C14H17N7O4/c1-25-7-6-16-14(24)17-11(22)8-21-19-13(18-20-21)10-4-2-9(3-5-10)12(15)23/h2-5H,6-8H2,1H3,(H2,15,23)(H2,16,17,22,24). The van der Waals surface area contributed by atoms with Crippen LogP contribution in [0.3, 0.4) is 0 Å². The highest BCUT2D eigenvalue weighted by Gasteiger charge is 2.12. The number of imide groups is 1. The third-order valence-corrected chi connectivity index (χ3v) is 3.01. The molecule has 1 aromatic carbocycles. The number of nitrogens with one attached hydrogen (secondary N) is 2. The number of urea groups is 1. The van der Waals surface area contributed by atoms with Crippen molar-refractivity contribution in [2.75, 3.05) is 20.3 Å². The van der Waals surface area contributed by atoms with Gasteiger partial charge in [-0.1, -0.05) is 12.1 Å². The van der Waals surface area contributed by atoms with Gasteiger partial charge in [-0.3, -0.25) is 14.9 Å². The van der Waals surface area contributed by atoms with Gasteiger partial charge in [0, 0.05) is 24.8 Å². The molecule has 0 aliphatic rings. The third-order valence-electron chi connectivity index (χ3n) is 3.01. The Kier molecular flexibility index (Phi) is 6.12. The number of carbonyl (C=O) groups excluding carboxylic acids is 3. The summed E-state index contributed by atoms with van der Waals surface area (Å²) in [7, 11) is 1.50. The Morgan fingerprint density at radius 1 is 1.24 bits per heavy atom. The largest absolute Gasteiger partial charge is 0.383 e. The van der Waals surface area contributed by atoms with E-state index in [4.69, 9.17) is 10.5 Å². The first-order valence-electron chi connectivity index (χ1n) is 7.24. The van der Waals surface area contributed by atoms with E-state index in [0.29, 0.717) is 17.7 Å². The number of rotatable bonds is 7. The molecule has 1 aromatic heterocycles. The predicted molar refractivity (Wildman–Crippen MR) is 85.2 cm³/mol. The molecule has 25 heavy (non-hydrogen) atoms. The summed E-state index contributed by atoms with van der Waals surface area (Å²) in [6, 6.07) is 5.67. The number of tetrazole rings is 1. The van der Waals surface area contributed by atoms with Crippen LogP contribution in [-0.2, 0) is 16.1 Å². The van der Waals surface area contributed by atoms with E-state index in [2.05, 4.69) is 26.0 Å². The van der Waals surface area contributed by atoms with Crippen LogP contribution in [0.25, 0.3) is 11.4 Å². The molecule has 4 N–H and O–H groups in total. The number of carbonyl (C=O) groups is 3. The third kappa shape index (κ3) is 5.35. The Morgan fingerprint density at radius 2 is 1.96 bits per heavy atom. The summed E-state index contributed by atoms with van der Waals surface area (Å²) in [5.41, 5.74) is 6.13. The van der Waals surface area contributed by atoms with Gasteiger partial charge in [-0.25, -0.2) is 4.79 Å². The van der Waals surface area contributed by atoms with E-state index in [1.165, 1.54) is 19.2 Å². The number of nitrogens with two attached hydrogens (primary N) is 1. The van der Waals surface area contributed by atoms with Gasteiger partial charge in [-0.15, -0.1) is 10.2 Å². The maximum absolute atomic E-state index is 11.7. The monoisotopic (exact) mass is 347 g/mol. The van der Waals surface area contributed by atoms with Crippen molar-refractivity contribution in [2.24, 2.45) is 5.73 Å². The lowest BCUT2D eigenvalue weighted by molar-refractivity contribution is -0.121. The molecule has 4 amide bonds. The molecule has 0 bridgehead atoms. The van der Waals surface area contributed by atoms with Crippen molar-refractivity contribution in [3.63, 3.8) is 0 Å². The summed E-state index contributed by atoms with van der Waals surface area (Å²) < 4.78 is 4.77. The van der Waals surface area contributed by atoms with Crippen molar-refractivity contribution < 1.29 is 19.1 Å². The Labute approximate surface area is 142 Å². The van der Waals surface area contributed by atoms with E-state index in [-0.39, 0.29) is 18.9 Å². The average molecular weight is 347 g/mol. The fourth-order valence-electron chi connectivity index (χ4n) is 1.81. The molecule has 0 atom stereocenters. The van der Waals surface area contributed by atoms with Crippen LogP contribution in [0, 0.1) is 0 Å². The minimum absolute atomic E-state index is 0.272. The number of primary amides is 1. The number of amides is 4. The molecule has 0 unspecified atom stereocenters. The fourth-order valence-corrected chi connectivity index (χ4v) is 1.81. The lowest BCUT2D eigenvalue weighted by atomic mass is 10.1. The zero-order chi connectivity index (χ0) is 18.2. The van der Waals surface area contributed by atoms with Gasteiger partial charge in [-0.05, 0) is 17.3 Å². The van der Waals surface area contributed by atoms with E-state index >= 15 is 0 Å². The van der Waals surface area contributed by atoms with Crippen LogP contribution >= 0.6 is 0 Å². The summed E-state index contributed by atoms with van der Waals surface area (Å²) >= 11 is 0. The summed E-state index contributed by atoms with van der Waals surface area (Å²) in [6.07, 6.45) is 0. The van der Waals surface area contributed by atoms with Gasteiger partial charge in [0.1, 0.15) is 6.54 Å². The highest BCUT2D eigenvalue weighted by molar-refractivity contribution is 5.94. The van der Waals surface area contributed by atoms with Gasteiger partial charge in [0.25, 0.3) is 5.91 Å². The summed E-state index contributed by atoms with van der Waals surface area (Å²) in [6.45, 7) is 0.344. The van der Waals surface area contributed by atoms with Crippen molar-refractivity contribution in [2.45, 2.75) is 6.54 Å². The molecule has 2 rings (SSSR count). The number of hydrogen-bond acceptors (Lipinski definition) is 7.